The van der Waals surface area contributed by atoms with E-state index in [2.05, 4.69) is 20.5 Å². The first kappa shape index (κ1) is 25.3. The molecule has 5 rings (SSSR count). The predicted octanol–water partition coefficient (Wildman–Crippen LogP) is 5.22. The van der Waals surface area contributed by atoms with E-state index in [1.807, 2.05) is 0 Å². The van der Waals surface area contributed by atoms with Gasteiger partial charge in [-0.25, -0.2) is 4.98 Å². The maximum absolute atomic E-state index is 13.3. The fourth-order valence-electron chi connectivity index (χ4n) is 4.38. The minimum absolute atomic E-state index is 0.0580. The molecule has 38 heavy (non-hydrogen) atoms. The molecule has 196 valence electrons. The Balaban J connectivity index is 1.24. The van der Waals surface area contributed by atoms with Gasteiger partial charge in [-0.1, -0.05) is 12.1 Å². The zero-order valence-corrected chi connectivity index (χ0v) is 20.3. The molecule has 1 aliphatic rings. The van der Waals surface area contributed by atoms with Crippen LogP contribution < -0.4 is 5.32 Å². The van der Waals surface area contributed by atoms with E-state index in [0.717, 1.165) is 6.07 Å². The molecule has 0 atom stereocenters. The number of halogens is 3. The average molecular weight is 545 g/mol. The monoisotopic (exact) mass is 544 g/mol. The molecule has 0 unspecified atom stereocenters. The number of nitro benzene ring substituents is 1. The summed E-state index contributed by atoms with van der Waals surface area (Å²) in [7, 11) is 0. The second-order valence-electron chi connectivity index (χ2n) is 8.69. The van der Waals surface area contributed by atoms with Crippen LogP contribution in [0.4, 0.5) is 24.7 Å². The number of H-pyrrole nitrogens is 1. The van der Waals surface area contributed by atoms with Gasteiger partial charge in [0.1, 0.15) is 5.69 Å². The lowest BCUT2D eigenvalue weighted by molar-refractivity contribution is -0.384. The third-order valence-electron chi connectivity index (χ3n) is 6.34. The largest absolute Gasteiger partial charge is 0.417 e. The van der Waals surface area contributed by atoms with Crippen molar-refractivity contribution in [3.05, 3.63) is 79.8 Å². The Hall–Kier alpha value is -4.33. The zero-order valence-electron chi connectivity index (χ0n) is 19.5. The van der Waals surface area contributed by atoms with E-state index in [9.17, 15) is 32.9 Å². The maximum atomic E-state index is 13.3. The van der Waals surface area contributed by atoms with Gasteiger partial charge >= 0.3 is 6.18 Å². The van der Waals surface area contributed by atoms with Crippen molar-refractivity contribution in [2.45, 2.75) is 24.9 Å². The van der Waals surface area contributed by atoms with Crippen molar-refractivity contribution in [2.24, 2.45) is 0 Å². The summed E-state index contributed by atoms with van der Waals surface area (Å²) in [6, 6.07) is 8.87. The van der Waals surface area contributed by atoms with Crippen LogP contribution in [-0.2, 0) is 6.18 Å². The van der Waals surface area contributed by atoms with Crippen molar-refractivity contribution >= 4 is 45.6 Å². The number of aromatic amines is 1. The van der Waals surface area contributed by atoms with Gasteiger partial charge in [0.25, 0.3) is 17.5 Å². The topological polar surface area (TPSA) is 134 Å². The van der Waals surface area contributed by atoms with Crippen molar-refractivity contribution in [3.63, 3.8) is 0 Å². The lowest BCUT2D eigenvalue weighted by Gasteiger charge is -2.31. The van der Waals surface area contributed by atoms with E-state index >= 15 is 0 Å². The molecular weight excluding hydrogens is 525 g/mol. The summed E-state index contributed by atoms with van der Waals surface area (Å²) < 4.78 is 40.0. The third kappa shape index (κ3) is 4.94. The summed E-state index contributed by atoms with van der Waals surface area (Å²) >= 11 is 1.28. The van der Waals surface area contributed by atoms with Gasteiger partial charge in [-0.3, -0.25) is 24.8 Å². The van der Waals surface area contributed by atoms with E-state index in [4.69, 9.17) is 0 Å². The summed E-state index contributed by atoms with van der Waals surface area (Å²) in [6.07, 6.45) is -3.65. The highest BCUT2D eigenvalue weighted by Gasteiger charge is 2.36. The number of nitrogens with zero attached hydrogens (tertiary/aromatic N) is 4. The van der Waals surface area contributed by atoms with Crippen molar-refractivity contribution in [3.8, 4) is 0 Å². The zero-order chi connectivity index (χ0) is 27.0. The molecule has 2 aromatic heterocycles. The van der Waals surface area contributed by atoms with Crippen LogP contribution in [0.15, 0.2) is 47.8 Å². The number of hydrogen-bond acceptors (Lipinski definition) is 7. The number of nitrogens with one attached hydrogen (secondary N) is 2. The molecule has 2 N–H and O–H groups in total. The normalized spacial score (nSPS) is 14.6. The first-order valence-electron chi connectivity index (χ1n) is 11.5. The molecule has 0 bridgehead atoms. The Morgan fingerprint density at radius 3 is 2.61 bits per heavy atom. The highest BCUT2D eigenvalue weighted by Crippen LogP contribution is 2.35. The molecule has 0 spiro atoms. The van der Waals surface area contributed by atoms with Crippen LogP contribution in [0.5, 0.6) is 0 Å². The minimum Gasteiger partial charge on any atom is -0.339 e. The molecular formula is C24H19F3N6O4S. The number of likely N-dealkylation sites (tertiary alicyclic amines) is 1. The number of nitro groups is 1. The van der Waals surface area contributed by atoms with Gasteiger partial charge in [0.15, 0.2) is 5.82 Å². The summed E-state index contributed by atoms with van der Waals surface area (Å²) in [4.78, 5) is 42.0. The number of non-ortho nitro benzene ring substituents is 1. The van der Waals surface area contributed by atoms with Crippen LogP contribution in [-0.4, -0.2) is 49.9 Å². The van der Waals surface area contributed by atoms with Crippen LogP contribution in [0.25, 0.3) is 10.9 Å². The molecule has 1 aliphatic heterocycles. The highest BCUT2D eigenvalue weighted by molar-refractivity contribution is 7.10. The van der Waals surface area contributed by atoms with Crippen molar-refractivity contribution in [1.82, 2.24) is 20.1 Å². The summed E-state index contributed by atoms with van der Waals surface area (Å²) in [5.41, 5.74) is -0.810. The predicted molar refractivity (Wildman–Crippen MR) is 132 cm³/mol. The number of amides is 2. The van der Waals surface area contributed by atoms with Crippen molar-refractivity contribution < 1.29 is 27.7 Å². The Morgan fingerprint density at radius 1 is 1.16 bits per heavy atom. The number of aromatic nitrogens is 3. The number of rotatable bonds is 5. The standard InChI is InChI=1S/C24H19F3N6O4S/c25-24(26,27)17-4-2-1-3-15(17)23(35)32-9-7-13(8-10-32)22-28-19(12-38-22)21(34)29-20-16-11-14(33(36)37)5-6-18(16)30-31-20/h1-6,11-13H,7-10H2,(H2,29,30,31,34). The third-order valence-corrected chi connectivity index (χ3v) is 7.35. The first-order chi connectivity index (χ1) is 18.1. The Labute approximate surface area is 216 Å². The molecule has 14 heteroatoms. The smallest absolute Gasteiger partial charge is 0.339 e. The Bertz CT molecular complexity index is 1540. The quantitative estimate of drug-likeness (QED) is 0.261. The van der Waals surface area contributed by atoms with E-state index in [-0.39, 0.29) is 41.8 Å². The Morgan fingerprint density at radius 2 is 1.89 bits per heavy atom. The first-order valence-corrected chi connectivity index (χ1v) is 12.3. The number of alkyl halides is 3. The van der Waals surface area contributed by atoms with Gasteiger partial charge < -0.3 is 10.2 Å². The maximum Gasteiger partial charge on any atom is 0.417 e. The van der Waals surface area contributed by atoms with E-state index in [1.54, 1.807) is 5.38 Å². The van der Waals surface area contributed by atoms with Crippen LogP contribution in [0, 0.1) is 10.1 Å². The van der Waals surface area contributed by atoms with Gasteiger partial charge in [0.05, 0.1) is 32.0 Å². The summed E-state index contributed by atoms with van der Waals surface area (Å²) in [6.45, 7) is 0.518. The molecule has 4 aromatic rings. The number of fused-ring (bicyclic) bond motifs is 1. The summed E-state index contributed by atoms with van der Waals surface area (Å²) in [5.74, 6) is -1.13. The number of piperidine rings is 1. The molecule has 2 aromatic carbocycles. The van der Waals surface area contributed by atoms with Crippen LogP contribution in [0.2, 0.25) is 0 Å². The number of carbonyl (C=O) groups excluding carboxylic acids is 2. The van der Waals surface area contributed by atoms with E-state index in [0.29, 0.717) is 28.8 Å². The van der Waals surface area contributed by atoms with E-state index in [1.165, 1.54) is 52.6 Å². The molecule has 1 fully saturated rings. The molecule has 2 amide bonds. The van der Waals surface area contributed by atoms with Crippen LogP contribution >= 0.6 is 11.3 Å². The van der Waals surface area contributed by atoms with Crippen molar-refractivity contribution in [2.75, 3.05) is 18.4 Å². The van der Waals surface area contributed by atoms with Gasteiger partial charge in [0.2, 0.25) is 0 Å². The molecule has 3 heterocycles. The minimum atomic E-state index is -4.63. The van der Waals surface area contributed by atoms with Gasteiger partial charge in [-0.15, -0.1) is 11.3 Å². The SMILES string of the molecule is O=C(Nc1n[nH]c2ccc([N+](=O)[O-])cc12)c1csc(C2CCN(C(=O)c3ccccc3C(F)(F)F)CC2)n1. The molecule has 0 aliphatic carbocycles. The number of hydrogen-bond donors (Lipinski definition) is 2. The number of thiazole rings is 1. The Kier molecular flexibility index (Phi) is 6.57. The van der Waals surface area contributed by atoms with Gasteiger partial charge in [0, 0.05) is 36.5 Å². The average Bonchev–Trinajstić information content (AvgIpc) is 3.55. The number of anilines is 1. The second-order valence-corrected chi connectivity index (χ2v) is 9.58. The molecule has 0 saturated carbocycles. The van der Waals surface area contributed by atoms with Crippen molar-refractivity contribution in [1.29, 1.82) is 0 Å². The van der Waals surface area contributed by atoms with Gasteiger partial charge in [-0.2, -0.15) is 18.3 Å². The molecule has 0 radical (unpaired) electrons. The van der Waals surface area contributed by atoms with E-state index < -0.39 is 28.5 Å². The molecule has 1 saturated heterocycles. The highest BCUT2D eigenvalue weighted by atomic mass is 32.1. The number of benzene rings is 2. The lowest BCUT2D eigenvalue weighted by Crippen LogP contribution is -2.38. The number of carbonyl (C=O) groups is 2. The summed E-state index contributed by atoms with van der Waals surface area (Å²) in [5, 5.41) is 23.1. The fourth-order valence-corrected chi connectivity index (χ4v) is 5.35. The van der Waals surface area contributed by atoms with Crippen LogP contribution in [0.1, 0.15) is 50.2 Å². The lowest BCUT2D eigenvalue weighted by atomic mass is 9.96. The van der Waals surface area contributed by atoms with Gasteiger partial charge in [-0.05, 0) is 31.0 Å². The second kappa shape index (κ2) is 9.85. The van der Waals surface area contributed by atoms with Crippen LogP contribution in [0.3, 0.4) is 0 Å². The fraction of sp³-hybridized carbons (Fsp3) is 0.250. The molecule has 10 nitrogen and oxygen atoms in total.